The summed E-state index contributed by atoms with van der Waals surface area (Å²) in [6.45, 7) is 0. The Bertz CT molecular complexity index is 3220. The quantitative estimate of drug-likeness (QED) is 0.170. The van der Waals surface area contributed by atoms with Gasteiger partial charge in [0.25, 0.3) is 0 Å². The summed E-state index contributed by atoms with van der Waals surface area (Å²) < 4.78 is 8.89. The maximum atomic E-state index is 6.25. The van der Waals surface area contributed by atoms with E-state index in [0.717, 1.165) is 50.1 Å². The number of furan rings is 1. The van der Waals surface area contributed by atoms with Crippen molar-refractivity contribution >= 4 is 81.3 Å². The highest BCUT2D eigenvalue weighted by atomic mass is 32.1. The molecule has 0 radical (unpaired) electrons. The number of para-hydroxylation sites is 2. The predicted octanol–water partition coefficient (Wildman–Crippen LogP) is 15.6. The van der Waals surface area contributed by atoms with Gasteiger partial charge in [-0.1, -0.05) is 127 Å². The first-order valence-corrected chi connectivity index (χ1v) is 19.5. The molecule has 0 aliphatic rings. The zero-order chi connectivity index (χ0) is 36.3. The number of hydrogen-bond donors (Lipinski definition) is 0. The Morgan fingerprint density at radius 3 is 1.95 bits per heavy atom. The second-order valence-corrected chi connectivity index (χ2v) is 15.2. The molecule has 2 heterocycles. The van der Waals surface area contributed by atoms with Gasteiger partial charge >= 0.3 is 0 Å². The monoisotopic (exact) mass is 719 g/mol. The molecule has 2 aromatic heterocycles. The SMILES string of the molecule is c1cc(-c2ccc3sc4ccccc4c3c2)cc(N(c2ccc(-c3ccc4c(c3)oc3ccccc34)cc2)c2ccccc2-c2ccc3ccccc3c2)c1. The van der Waals surface area contributed by atoms with Crippen molar-refractivity contribution in [2.24, 2.45) is 0 Å². The first-order chi connectivity index (χ1) is 27.2. The van der Waals surface area contributed by atoms with E-state index in [-0.39, 0.29) is 0 Å². The standard InChI is InChI=1S/C52H33NOS/c1-2-11-36-30-40(21-20-34(36)10-1)43-14-3-6-17-48(43)53(41-26-22-35(23-27-41)39-24-28-45-44-15-4-7-18-49(44)54-50(45)33-39)42-13-9-12-37(31-42)38-25-29-52-47(32-38)46-16-5-8-19-51(46)55-52/h1-33H. The Kier molecular flexibility index (Phi) is 7.39. The molecule has 55 heavy (non-hydrogen) atoms. The van der Waals surface area contributed by atoms with Crippen molar-refractivity contribution < 1.29 is 4.42 Å². The van der Waals surface area contributed by atoms with E-state index in [1.54, 1.807) is 0 Å². The number of rotatable bonds is 6. The van der Waals surface area contributed by atoms with Gasteiger partial charge in [0, 0.05) is 47.9 Å². The molecule has 0 fully saturated rings. The van der Waals surface area contributed by atoms with Crippen molar-refractivity contribution in [1.29, 1.82) is 0 Å². The van der Waals surface area contributed by atoms with Crippen molar-refractivity contribution in [2.45, 2.75) is 0 Å². The van der Waals surface area contributed by atoms with Gasteiger partial charge < -0.3 is 9.32 Å². The first-order valence-electron chi connectivity index (χ1n) is 18.7. The van der Waals surface area contributed by atoms with Gasteiger partial charge in [0.1, 0.15) is 11.2 Å². The molecule has 0 bridgehead atoms. The average Bonchev–Trinajstić information content (AvgIpc) is 3.82. The van der Waals surface area contributed by atoms with Crippen LogP contribution in [0, 0.1) is 0 Å². The number of hydrogen-bond acceptors (Lipinski definition) is 3. The number of benzene rings is 9. The van der Waals surface area contributed by atoms with Crippen molar-refractivity contribution in [2.75, 3.05) is 4.90 Å². The predicted molar refractivity (Wildman–Crippen MR) is 235 cm³/mol. The lowest BCUT2D eigenvalue weighted by Crippen LogP contribution is -2.11. The van der Waals surface area contributed by atoms with Crippen LogP contribution in [-0.4, -0.2) is 0 Å². The van der Waals surface area contributed by atoms with Crippen LogP contribution in [0.3, 0.4) is 0 Å². The van der Waals surface area contributed by atoms with Gasteiger partial charge in [-0.2, -0.15) is 0 Å². The highest BCUT2D eigenvalue weighted by molar-refractivity contribution is 7.25. The Morgan fingerprint density at radius 2 is 1.02 bits per heavy atom. The minimum absolute atomic E-state index is 0.902. The number of thiophene rings is 1. The minimum Gasteiger partial charge on any atom is -0.456 e. The molecule has 0 saturated carbocycles. The van der Waals surface area contributed by atoms with Gasteiger partial charge in [0.2, 0.25) is 0 Å². The molecule has 0 atom stereocenters. The summed E-state index contributed by atoms with van der Waals surface area (Å²) in [6.07, 6.45) is 0. The Morgan fingerprint density at radius 1 is 0.345 bits per heavy atom. The fraction of sp³-hybridized carbons (Fsp3) is 0. The van der Waals surface area contributed by atoms with Crippen LogP contribution < -0.4 is 4.90 Å². The van der Waals surface area contributed by atoms with Crippen LogP contribution in [0.2, 0.25) is 0 Å². The lowest BCUT2D eigenvalue weighted by Gasteiger charge is -2.28. The minimum atomic E-state index is 0.902. The summed E-state index contributed by atoms with van der Waals surface area (Å²) in [5.41, 5.74) is 12.1. The van der Waals surface area contributed by atoms with Crippen molar-refractivity contribution in [3.63, 3.8) is 0 Å². The Balaban J connectivity index is 1.05. The van der Waals surface area contributed by atoms with Crippen LogP contribution in [0.1, 0.15) is 0 Å². The molecular formula is C52H33NOS. The molecule has 0 unspecified atom stereocenters. The summed E-state index contributed by atoms with van der Waals surface area (Å²) in [5, 5.41) is 7.36. The van der Waals surface area contributed by atoms with Crippen molar-refractivity contribution in [3.8, 4) is 33.4 Å². The van der Waals surface area contributed by atoms with Crippen LogP contribution in [0.4, 0.5) is 17.1 Å². The normalized spacial score (nSPS) is 11.6. The molecule has 0 amide bonds. The fourth-order valence-corrected chi connectivity index (χ4v) is 9.22. The second kappa shape index (κ2) is 12.9. The Hall–Kier alpha value is -6.94. The molecule has 0 aliphatic heterocycles. The molecular weight excluding hydrogens is 687 g/mol. The average molecular weight is 720 g/mol. The zero-order valence-corrected chi connectivity index (χ0v) is 30.6. The summed E-state index contributed by atoms with van der Waals surface area (Å²) in [7, 11) is 0. The van der Waals surface area contributed by atoms with Gasteiger partial charge in [-0.05, 0) is 111 Å². The molecule has 3 heteroatoms. The molecule has 2 nitrogen and oxygen atoms in total. The third-order valence-corrected chi connectivity index (χ3v) is 12.0. The molecule has 0 spiro atoms. The highest BCUT2D eigenvalue weighted by Crippen LogP contribution is 2.44. The van der Waals surface area contributed by atoms with E-state index in [2.05, 4.69) is 193 Å². The summed E-state index contributed by atoms with van der Waals surface area (Å²) >= 11 is 1.86. The third kappa shape index (κ3) is 5.48. The number of fused-ring (bicyclic) bond motifs is 7. The molecule has 9 aromatic carbocycles. The fourth-order valence-electron chi connectivity index (χ4n) is 8.14. The van der Waals surface area contributed by atoms with E-state index < -0.39 is 0 Å². The van der Waals surface area contributed by atoms with Crippen molar-refractivity contribution in [3.05, 3.63) is 200 Å². The number of anilines is 3. The third-order valence-electron chi connectivity index (χ3n) is 10.9. The lowest BCUT2D eigenvalue weighted by atomic mass is 9.97. The van der Waals surface area contributed by atoms with Gasteiger partial charge in [-0.15, -0.1) is 11.3 Å². The maximum Gasteiger partial charge on any atom is 0.136 e. The number of nitrogens with zero attached hydrogens (tertiary/aromatic N) is 1. The van der Waals surface area contributed by atoms with Gasteiger partial charge in [-0.3, -0.25) is 0 Å². The van der Waals surface area contributed by atoms with Crippen LogP contribution in [0.5, 0.6) is 0 Å². The van der Waals surface area contributed by atoms with E-state index in [1.165, 1.54) is 53.2 Å². The van der Waals surface area contributed by atoms with E-state index >= 15 is 0 Å². The first kappa shape index (κ1) is 31.6. The summed E-state index contributed by atoms with van der Waals surface area (Å²) in [5.74, 6) is 0. The van der Waals surface area contributed by atoms with E-state index in [4.69, 9.17) is 4.42 Å². The topological polar surface area (TPSA) is 16.4 Å². The summed E-state index contributed by atoms with van der Waals surface area (Å²) in [4.78, 5) is 2.40. The molecule has 11 aromatic rings. The smallest absolute Gasteiger partial charge is 0.136 e. The van der Waals surface area contributed by atoms with Gasteiger partial charge in [0.05, 0.1) is 5.69 Å². The molecule has 258 valence electrons. The molecule has 0 aliphatic carbocycles. The van der Waals surface area contributed by atoms with Gasteiger partial charge in [0.15, 0.2) is 0 Å². The van der Waals surface area contributed by atoms with Crippen LogP contribution >= 0.6 is 11.3 Å². The van der Waals surface area contributed by atoms with E-state index in [0.29, 0.717) is 0 Å². The van der Waals surface area contributed by atoms with E-state index in [9.17, 15) is 0 Å². The van der Waals surface area contributed by atoms with Crippen LogP contribution in [0.15, 0.2) is 205 Å². The second-order valence-electron chi connectivity index (χ2n) is 14.1. The van der Waals surface area contributed by atoms with Crippen molar-refractivity contribution in [1.82, 2.24) is 0 Å². The molecule has 11 rings (SSSR count). The maximum absolute atomic E-state index is 6.25. The van der Waals surface area contributed by atoms with Gasteiger partial charge in [-0.25, -0.2) is 0 Å². The highest BCUT2D eigenvalue weighted by Gasteiger charge is 2.19. The molecule has 0 N–H and O–H groups in total. The summed E-state index contributed by atoms with van der Waals surface area (Å²) in [6, 6.07) is 72.4. The lowest BCUT2D eigenvalue weighted by molar-refractivity contribution is 0.669. The zero-order valence-electron chi connectivity index (χ0n) is 29.8. The van der Waals surface area contributed by atoms with E-state index in [1.807, 2.05) is 23.5 Å². The van der Waals surface area contributed by atoms with Crippen LogP contribution in [-0.2, 0) is 0 Å². The molecule has 0 saturated heterocycles. The Labute approximate surface area is 322 Å². The van der Waals surface area contributed by atoms with Crippen LogP contribution in [0.25, 0.3) is 86.3 Å². The largest absolute Gasteiger partial charge is 0.456 e.